The number of hydrogen-bond acceptors (Lipinski definition) is 6. The van der Waals surface area contributed by atoms with Crippen LogP contribution in [-0.2, 0) is 9.53 Å². The molecule has 1 saturated heterocycles. The van der Waals surface area contributed by atoms with Gasteiger partial charge in [-0.1, -0.05) is 0 Å². The highest BCUT2D eigenvalue weighted by atomic mass is 16.5. The third kappa shape index (κ3) is 7.83. The minimum atomic E-state index is -0.318. The molecule has 1 amide bonds. The molecule has 3 N–H and O–H groups in total. The first-order valence-electron chi connectivity index (χ1n) is 9.56. The second-order valence-electron chi connectivity index (χ2n) is 7.61. The Kier molecular flexibility index (Phi) is 8.03. The molecular formula is C22H29N3O4. The molecule has 0 aromatic heterocycles. The van der Waals surface area contributed by atoms with E-state index in [2.05, 4.69) is 20.3 Å². The fourth-order valence-corrected chi connectivity index (χ4v) is 2.64. The summed E-state index contributed by atoms with van der Waals surface area (Å²) < 4.78 is 4.55. The first kappa shape index (κ1) is 22.2. The van der Waals surface area contributed by atoms with Gasteiger partial charge in [0.15, 0.2) is 0 Å². The van der Waals surface area contributed by atoms with Crippen LogP contribution in [0.5, 0.6) is 5.75 Å². The summed E-state index contributed by atoms with van der Waals surface area (Å²) in [4.78, 5) is 24.1. The summed E-state index contributed by atoms with van der Waals surface area (Å²) in [5, 5.41) is 15.4. The van der Waals surface area contributed by atoms with Gasteiger partial charge in [-0.05, 0) is 69.3 Å². The maximum atomic E-state index is 12.2. The summed E-state index contributed by atoms with van der Waals surface area (Å²) >= 11 is 0. The van der Waals surface area contributed by atoms with E-state index in [4.69, 9.17) is 0 Å². The van der Waals surface area contributed by atoms with Crippen molar-refractivity contribution in [1.29, 1.82) is 0 Å². The largest absolute Gasteiger partial charge is 0.508 e. The highest BCUT2D eigenvalue weighted by Gasteiger charge is 2.12. The average Bonchev–Trinajstić information content (AvgIpc) is 2.70. The Morgan fingerprint density at radius 1 is 1.07 bits per heavy atom. The molecule has 2 aromatic rings. The number of aromatic hydroxyl groups is 1. The Morgan fingerprint density at radius 2 is 1.66 bits per heavy atom. The number of benzene rings is 2. The maximum absolute atomic E-state index is 12.2. The van der Waals surface area contributed by atoms with Gasteiger partial charge in [0, 0.05) is 43.1 Å². The van der Waals surface area contributed by atoms with Gasteiger partial charge < -0.3 is 25.4 Å². The van der Waals surface area contributed by atoms with Crippen LogP contribution >= 0.6 is 0 Å². The first-order valence-corrected chi connectivity index (χ1v) is 9.56. The molecule has 0 bridgehead atoms. The number of anilines is 2. The second-order valence-corrected chi connectivity index (χ2v) is 7.61. The third-order valence-corrected chi connectivity index (χ3v) is 4.14. The summed E-state index contributed by atoms with van der Waals surface area (Å²) in [7, 11) is 0. The number of nitrogens with zero attached hydrogens (tertiary/aromatic N) is 1. The number of amides is 1. The van der Waals surface area contributed by atoms with Crippen molar-refractivity contribution in [2.75, 3.05) is 36.4 Å². The highest BCUT2D eigenvalue weighted by Crippen LogP contribution is 2.18. The number of hydrogen-bond donors (Lipinski definition) is 3. The number of ether oxygens (including phenoxy) is 1. The topological polar surface area (TPSA) is 90.9 Å². The van der Waals surface area contributed by atoms with Crippen LogP contribution in [-0.4, -0.2) is 49.3 Å². The van der Waals surface area contributed by atoms with Crippen LogP contribution in [0.1, 0.15) is 31.1 Å². The lowest BCUT2D eigenvalue weighted by atomic mass is 10.1. The van der Waals surface area contributed by atoms with Crippen molar-refractivity contribution in [3.63, 3.8) is 0 Å². The van der Waals surface area contributed by atoms with E-state index in [1.807, 2.05) is 45.0 Å². The van der Waals surface area contributed by atoms with Gasteiger partial charge >= 0.3 is 0 Å². The third-order valence-electron chi connectivity index (χ3n) is 4.14. The molecule has 0 unspecified atom stereocenters. The van der Waals surface area contributed by atoms with Crippen molar-refractivity contribution in [2.45, 2.75) is 26.4 Å². The van der Waals surface area contributed by atoms with E-state index < -0.39 is 0 Å². The second kappa shape index (κ2) is 10.5. The molecule has 1 aliphatic heterocycles. The zero-order valence-electron chi connectivity index (χ0n) is 17.1. The van der Waals surface area contributed by atoms with Gasteiger partial charge in [-0.2, -0.15) is 0 Å². The van der Waals surface area contributed by atoms with Crippen LogP contribution in [0.25, 0.3) is 0 Å². The molecule has 0 atom stereocenters. The minimum absolute atomic E-state index is 0.155. The van der Waals surface area contributed by atoms with Crippen LogP contribution in [0.3, 0.4) is 0 Å². The molecule has 3 rings (SSSR count). The van der Waals surface area contributed by atoms with Crippen molar-refractivity contribution in [3.05, 3.63) is 54.1 Å². The Morgan fingerprint density at radius 3 is 2.14 bits per heavy atom. The Balaban J connectivity index is 0.000000370. The van der Waals surface area contributed by atoms with E-state index in [1.54, 1.807) is 24.3 Å². The highest BCUT2D eigenvalue weighted by molar-refractivity contribution is 6.04. The number of carbonyl (C=O) groups excluding carboxylic acids is 2. The van der Waals surface area contributed by atoms with Crippen LogP contribution in [0, 0.1) is 0 Å². The molecule has 1 fully saturated rings. The standard InChI is InChI=1S/C17H19N3O2.C5H10O2/c21-16-7-3-14(4-8-16)19-17(22)13-1-5-15(6-2-13)20-11-9-18-10-12-20;1-5(2,3)7-4-6/h1-8,18,21H,9-12H2,(H,19,22);4H,1-3H3. The number of rotatable bonds is 4. The molecule has 0 saturated carbocycles. The fraction of sp³-hybridized carbons (Fsp3) is 0.364. The van der Waals surface area contributed by atoms with E-state index in [1.165, 1.54) is 0 Å². The summed E-state index contributed by atoms with van der Waals surface area (Å²) in [5.74, 6) is 0.0240. The number of carbonyl (C=O) groups is 2. The van der Waals surface area contributed by atoms with Crippen molar-refractivity contribution < 1.29 is 19.4 Å². The molecule has 29 heavy (non-hydrogen) atoms. The van der Waals surface area contributed by atoms with E-state index in [9.17, 15) is 14.7 Å². The predicted octanol–water partition coefficient (Wildman–Crippen LogP) is 3.01. The van der Waals surface area contributed by atoms with Crippen molar-refractivity contribution in [1.82, 2.24) is 5.32 Å². The molecular weight excluding hydrogens is 370 g/mol. The maximum Gasteiger partial charge on any atom is 0.293 e. The van der Waals surface area contributed by atoms with Gasteiger partial charge in [0.1, 0.15) is 11.4 Å². The van der Waals surface area contributed by atoms with E-state index in [0.717, 1.165) is 31.9 Å². The Hall–Kier alpha value is -3.06. The van der Waals surface area contributed by atoms with Crippen molar-refractivity contribution >= 4 is 23.8 Å². The molecule has 156 valence electrons. The molecule has 0 spiro atoms. The van der Waals surface area contributed by atoms with Gasteiger partial charge in [-0.15, -0.1) is 0 Å². The van der Waals surface area contributed by atoms with Crippen LogP contribution in [0.4, 0.5) is 11.4 Å². The number of phenolic OH excluding ortho intramolecular Hbond substituents is 1. The summed E-state index contributed by atoms with van der Waals surface area (Å²) in [6.45, 7) is 9.87. The van der Waals surface area contributed by atoms with Gasteiger partial charge in [-0.25, -0.2) is 0 Å². The zero-order chi connectivity index (χ0) is 21.3. The van der Waals surface area contributed by atoms with E-state index >= 15 is 0 Å². The lowest BCUT2D eigenvalue weighted by Gasteiger charge is -2.29. The van der Waals surface area contributed by atoms with Gasteiger partial charge in [0.25, 0.3) is 12.4 Å². The molecule has 0 radical (unpaired) electrons. The summed E-state index contributed by atoms with van der Waals surface area (Å²) in [6.07, 6.45) is 0. The molecule has 0 aliphatic carbocycles. The molecule has 2 aromatic carbocycles. The fourth-order valence-electron chi connectivity index (χ4n) is 2.64. The number of nitrogens with one attached hydrogen (secondary N) is 2. The van der Waals surface area contributed by atoms with Crippen molar-refractivity contribution in [3.8, 4) is 5.75 Å². The lowest BCUT2D eigenvalue weighted by molar-refractivity contribution is -0.138. The molecule has 7 nitrogen and oxygen atoms in total. The zero-order valence-corrected chi connectivity index (χ0v) is 17.1. The first-order chi connectivity index (χ1) is 13.8. The number of piperazine rings is 1. The minimum Gasteiger partial charge on any atom is -0.508 e. The summed E-state index contributed by atoms with van der Waals surface area (Å²) in [5.41, 5.74) is 2.10. The van der Waals surface area contributed by atoms with E-state index in [0.29, 0.717) is 17.7 Å². The van der Waals surface area contributed by atoms with Gasteiger partial charge in [0.05, 0.1) is 0 Å². The normalized spacial score (nSPS) is 13.7. The molecule has 1 heterocycles. The summed E-state index contributed by atoms with van der Waals surface area (Å²) in [6, 6.07) is 14.1. The molecule has 1 aliphatic rings. The lowest BCUT2D eigenvalue weighted by Crippen LogP contribution is -2.43. The van der Waals surface area contributed by atoms with Crippen molar-refractivity contribution in [2.24, 2.45) is 0 Å². The Bertz CT molecular complexity index is 777. The monoisotopic (exact) mass is 399 g/mol. The Labute approximate surface area is 171 Å². The van der Waals surface area contributed by atoms with Crippen LogP contribution < -0.4 is 15.5 Å². The van der Waals surface area contributed by atoms with Crippen LogP contribution in [0.15, 0.2) is 48.5 Å². The van der Waals surface area contributed by atoms with Gasteiger partial charge in [0.2, 0.25) is 0 Å². The van der Waals surface area contributed by atoms with Crippen LogP contribution in [0.2, 0.25) is 0 Å². The average molecular weight is 399 g/mol. The van der Waals surface area contributed by atoms with Gasteiger partial charge in [-0.3, -0.25) is 9.59 Å². The SMILES string of the molecule is CC(C)(C)OC=O.O=C(Nc1ccc(O)cc1)c1ccc(N2CCNCC2)cc1. The van der Waals surface area contributed by atoms with E-state index in [-0.39, 0.29) is 17.3 Å². The number of phenols is 1. The molecule has 7 heteroatoms. The predicted molar refractivity (Wildman–Crippen MR) is 114 cm³/mol. The quantitative estimate of drug-likeness (QED) is 0.541. The smallest absolute Gasteiger partial charge is 0.293 e.